The zero-order valence-corrected chi connectivity index (χ0v) is 12.6. The van der Waals surface area contributed by atoms with Crippen molar-refractivity contribution in [2.45, 2.75) is 38.5 Å². The standard InChI is InChI=1S/C15H22N2O2.ClH/c1-2-17(11-12-6-4-3-5-7-12)15(18)14-9-8-13(10-16)19-14;/h3-7,13-14H,2,8-11,16H2,1H3;1H/t13-,14+;/m1./s1. The van der Waals surface area contributed by atoms with Crippen LogP contribution in [0.15, 0.2) is 30.3 Å². The van der Waals surface area contributed by atoms with Crippen LogP contribution >= 0.6 is 12.4 Å². The lowest BCUT2D eigenvalue weighted by molar-refractivity contribution is -0.143. The van der Waals surface area contributed by atoms with Gasteiger partial charge in [0, 0.05) is 19.6 Å². The molecule has 0 aliphatic carbocycles. The van der Waals surface area contributed by atoms with Crippen LogP contribution in [0.1, 0.15) is 25.3 Å². The fraction of sp³-hybridized carbons (Fsp3) is 0.533. The summed E-state index contributed by atoms with van der Waals surface area (Å²) < 4.78 is 5.68. The molecule has 1 aromatic rings. The minimum atomic E-state index is -0.308. The Bertz CT molecular complexity index is 414. The van der Waals surface area contributed by atoms with Gasteiger partial charge in [0.25, 0.3) is 5.91 Å². The Morgan fingerprint density at radius 3 is 2.60 bits per heavy atom. The summed E-state index contributed by atoms with van der Waals surface area (Å²) >= 11 is 0. The molecule has 0 radical (unpaired) electrons. The number of benzene rings is 1. The molecule has 0 bridgehead atoms. The summed E-state index contributed by atoms with van der Waals surface area (Å²) in [6.07, 6.45) is 1.41. The Balaban J connectivity index is 0.00000200. The van der Waals surface area contributed by atoms with Gasteiger partial charge in [0.2, 0.25) is 0 Å². The first-order valence-corrected chi connectivity index (χ1v) is 6.92. The van der Waals surface area contributed by atoms with E-state index in [2.05, 4.69) is 0 Å². The van der Waals surface area contributed by atoms with E-state index in [0.29, 0.717) is 19.6 Å². The first-order valence-electron chi connectivity index (χ1n) is 6.92. The molecule has 1 aliphatic heterocycles. The van der Waals surface area contributed by atoms with E-state index in [1.165, 1.54) is 0 Å². The van der Waals surface area contributed by atoms with Crippen LogP contribution in [-0.4, -0.2) is 36.1 Å². The van der Waals surface area contributed by atoms with Crippen LogP contribution < -0.4 is 5.73 Å². The summed E-state index contributed by atoms with van der Waals surface area (Å²) in [6.45, 7) is 3.83. The smallest absolute Gasteiger partial charge is 0.252 e. The van der Waals surface area contributed by atoms with Crippen molar-refractivity contribution in [3.05, 3.63) is 35.9 Å². The van der Waals surface area contributed by atoms with E-state index < -0.39 is 0 Å². The van der Waals surface area contributed by atoms with E-state index in [1.807, 2.05) is 42.2 Å². The number of ether oxygens (including phenoxy) is 1. The molecule has 5 heteroatoms. The van der Waals surface area contributed by atoms with Crippen molar-refractivity contribution < 1.29 is 9.53 Å². The quantitative estimate of drug-likeness (QED) is 0.904. The molecule has 1 amide bonds. The molecule has 1 aromatic carbocycles. The molecule has 20 heavy (non-hydrogen) atoms. The molecule has 1 saturated heterocycles. The van der Waals surface area contributed by atoms with Crippen LogP contribution in [0.4, 0.5) is 0 Å². The van der Waals surface area contributed by atoms with Gasteiger partial charge in [-0.3, -0.25) is 4.79 Å². The van der Waals surface area contributed by atoms with Crippen molar-refractivity contribution in [1.82, 2.24) is 4.90 Å². The number of carbonyl (C=O) groups is 1. The summed E-state index contributed by atoms with van der Waals surface area (Å²) in [6, 6.07) is 10.0. The van der Waals surface area contributed by atoms with Crippen molar-refractivity contribution in [2.75, 3.05) is 13.1 Å². The number of likely N-dealkylation sites (N-methyl/N-ethyl adjacent to an activating group) is 1. The van der Waals surface area contributed by atoms with Crippen molar-refractivity contribution >= 4 is 18.3 Å². The van der Waals surface area contributed by atoms with Gasteiger partial charge >= 0.3 is 0 Å². The summed E-state index contributed by atoms with van der Waals surface area (Å²) in [4.78, 5) is 14.2. The van der Waals surface area contributed by atoms with Gasteiger partial charge < -0.3 is 15.4 Å². The number of hydrogen-bond acceptors (Lipinski definition) is 3. The SMILES string of the molecule is CCN(Cc1ccccc1)C(=O)[C@@H]1CC[C@H](CN)O1.Cl. The lowest BCUT2D eigenvalue weighted by Crippen LogP contribution is -2.39. The third-order valence-corrected chi connectivity index (χ3v) is 3.56. The second kappa shape index (κ2) is 8.25. The number of hydrogen-bond donors (Lipinski definition) is 1. The van der Waals surface area contributed by atoms with Crippen molar-refractivity contribution in [2.24, 2.45) is 5.73 Å². The molecule has 2 atom stereocenters. The zero-order valence-electron chi connectivity index (χ0n) is 11.8. The highest BCUT2D eigenvalue weighted by atomic mass is 35.5. The van der Waals surface area contributed by atoms with Gasteiger partial charge in [0.15, 0.2) is 0 Å². The minimum absolute atomic E-state index is 0. The van der Waals surface area contributed by atoms with E-state index in [0.717, 1.165) is 18.4 Å². The highest BCUT2D eigenvalue weighted by Gasteiger charge is 2.32. The first-order chi connectivity index (χ1) is 9.24. The van der Waals surface area contributed by atoms with Crippen molar-refractivity contribution in [3.8, 4) is 0 Å². The third-order valence-electron chi connectivity index (χ3n) is 3.56. The molecule has 1 heterocycles. The summed E-state index contributed by atoms with van der Waals surface area (Å²) in [5.74, 6) is 0.0855. The van der Waals surface area contributed by atoms with Crippen LogP contribution in [0.2, 0.25) is 0 Å². The maximum Gasteiger partial charge on any atom is 0.252 e. The van der Waals surface area contributed by atoms with Gasteiger partial charge in [-0.05, 0) is 25.3 Å². The molecule has 0 saturated carbocycles. The van der Waals surface area contributed by atoms with Gasteiger partial charge in [0.05, 0.1) is 6.10 Å². The molecule has 0 spiro atoms. The first kappa shape index (κ1) is 17.0. The molecular formula is C15H23ClN2O2. The number of nitrogens with zero attached hydrogens (tertiary/aromatic N) is 1. The average molecular weight is 299 g/mol. The van der Waals surface area contributed by atoms with E-state index in [4.69, 9.17) is 10.5 Å². The molecular weight excluding hydrogens is 276 g/mol. The highest BCUT2D eigenvalue weighted by Crippen LogP contribution is 2.21. The summed E-state index contributed by atoms with van der Waals surface area (Å²) in [5, 5.41) is 0. The van der Waals surface area contributed by atoms with Crippen LogP contribution in [0.25, 0.3) is 0 Å². The Kier molecular flexibility index (Phi) is 6.99. The van der Waals surface area contributed by atoms with Gasteiger partial charge in [0.1, 0.15) is 6.10 Å². The van der Waals surface area contributed by atoms with E-state index in [-0.39, 0.29) is 30.5 Å². The number of nitrogens with two attached hydrogens (primary N) is 1. The van der Waals surface area contributed by atoms with Crippen molar-refractivity contribution in [1.29, 1.82) is 0 Å². The van der Waals surface area contributed by atoms with E-state index in [9.17, 15) is 4.79 Å². The molecule has 2 N–H and O–H groups in total. The Labute approximate surface area is 126 Å². The van der Waals surface area contributed by atoms with Crippen LogP contribution in [0, 0.1) is 0 Å². The fourth-order valence-corrected chi connectivity index (χ4v) is 2.41. The normalized spacial score (nSPS) is 21.3. The topological polar surface area (TPSA) is 55.6 Å². The van der Waals surface area contributed by atoms with E-state index >= 15 is 0 Å². The maximum absolute atomic E-state index is 12.4. The lowest BCUT2D eigenvalue weighted by Gasteiger charge is -2.24. The monoisotopic (exact) mass is 298 g/mol. The van der Waals surface area contributed by atoms with E-state index in [1.54, 1.807) is 0 Å². The molecule has 112 valence electrons. The number of carbonyl (C=O) groups excluding carboxylic acids is 1. The molecule has 1 aliphatic rings. The largest absolute Gasteiger partial charge is 0.364 e. The van der Waals surface area contributed by atoms with Gasteiger partial charge in [-0.1, -0.05) is 30.3 Å². The predicted molar refractivity (Wildman–Crippen MR) is 81.7 cm³/mol. The Morgan fingerprint density at radius 2 is 2.05 bits per heavy atom. The van der Waals surface area contributed by atoms with Crippen LogP contribution in [-0.2, 0) is 16.1 Å². The fourth-order valence-electron chi connectivity index (χ4n) is 2.41. The molecule has 0 unspecified atom stereocenters. The average Bonchev–Trinajstić information content (AvgIpc) is 2.94. The number of amides is 1. The third kappa shape index (κ3) is 4.20. The molecule has 4 nitrogen and oxygen atoms in total. The number of halogens is 1. The molecule has 0 aromatic heterocycles. The minimum Gasteiger partial charge on any atom is -0.364 e. The van der Waals surface area contributed by atoms with Crippen LogP contribution in [0.3, 0.4) is 0 Å². The maximum atomic E-state index is 12.4. The lowest BCUT2D eigenvalue weighted by atomic mass is 10.1. The summed E-state index contributed by atoms with van der Waals surface area (Å²) in [7, 11) is 0. The summed E-state index contributed by atoms with van der Waals surface area (Å²) in [5.41, 5.74) is 6.72. The zero-order chi connectivity index (χ0) is 13.7. The van der Waals surface area contributed by atoms with Crippen molar-refractivity contribution in [3.63, 3.8) is 0 Å². The molecule has 1 fully saturated rings. The Hall–Kier alpha value is -1.10. The number of rotatable bonds is 5. The molecule has 2 rings (SSSR count). The Morgan fingerprint density at radius 1 is 1.35 bits per heavy atom. The highest BCUT2D eigenvalue weighted by molar-refractivity contribution is 5.85. The second-order valence-electron chi connectivity index (χ2n) is 4.90. The van der Waals surface area contributed by atoms with Gasteiger partial charge in [-0.2, -0.15) is 0 Å². The van der Waals surface area contributed by atoms with Gasteiger partial charge in [-0.25, -0.2) is 0 Å². The van der Waals surface area contributed by atoms with Crippen LogP contribution in [0.5, 0.6) is 0 Å². The second-order valence-corrected chi connectivity index (χ2v) is 4.90. The van der Waals surface area contributed by atoms with Gasteiger partial charge in [-0.15, -0.1) is 12.4 Å². The predicted octanol–water partition coefficient (Wildman–Crippen LogP) is 1.96.